The van der Waals surface area contributed by atoms with Crippen LogP contribution in [-0.4, -0.2) is 21.9 Å². The second-order valence-corrected chi connectivity index (χ2v) is 7.51. The Morgan fingerprint density at radius 1 is 1.33 bits per heavy atom. The molecule has 3 heterocycles. The van der Waals surface area contributed by atoms with Crippen LogP contribution in [0.3, 0.4) is 0 Å². The van der Waals surface area contributed by atoms with Crippen LogP contribution in [0.25, 0.3) is 0 Å². The molecule has 10 heteroatoms. The van der Waals surface area contributed by atoms with Crippen molar-refractivity contribution in [2.75, 3.05) is 6.61 Å². The van der Waals surface area contributed by atoms with E-state index in [2.05, 4.69) is 4.99 Å². The monoisotopic (exact) mass is 391 g/mol. The lowest BCUT2D eigenvalue weighted by Gasteiger charge is -2.15. The molecule has 0 saturated carbocycles. The van der Waals surface area contributed by atoms with Gasteiger partial charge in [-0.05, 0) is 31.1 Å². The third-order valence-corrected chi connectivity index (χ3v) is 5.92. The molecule has 0 spiro atoms. The number of halogens is 2. The van der Waals surface area contributed by atoms with E-state index in [1.807, 2.05) is 0 Å². The van der Waals surface area contributed by atoms with Gasteiger partial charge in [0.05, 0.1) is 18.1 Å². The average Bonchev–Trinajstić information content (AvgIpc) is 3.00. The van der Waals surface area contributed by atoms with E-state index in [0.717, 1.165) is 35.5 Å². The van der Waals surface area contributed by atoms with Crippen LogP contribution in [0.2, 0.25) is 5.02 Å². The average molecular weight is 392 g/mol. The number of carbonyl (C=O) groups is 1. The number of hydrogen-bond acceptors (Lipinski definition) is 6. The van der Waals surface area contributed by atoms with Crippen LogP contribution in [0, 0.1) is 5.13 Å². The maximum absolute atomic E-state index is 14.2. The smallest absolute Gasteiger partial charge is 0.325 e. The van der Waals surface area contributed by atoms with Crippen molar-refractivity contribution in [2.24, 2.45) is 4.99 Å². The zero-order chi connectivity index (χ0) is 17.3. The van der Waals surface area contributed by atoms with Gasteiger partial charge in [-0.3, -0.25) is 14.3 Å². The Kier molecular flexibility index (Phi) is 5.21. The SMILES string of the molecule is CCOC(=O)Cc1sc(F)c(N=c2sc(=O)n3n2CCCC3)c1Cl. The molecule has 130 valence electrons. The van der Waals surface area contributed by atoms with E-state index in [4.69, 9.17) is 16.3 Å². The fourth-order valence-corrected chi connectivity index (χ4v) is 4.57. The molecular formula is C14H15ClFN3O3S2. The molecular weight excluding hydrogens is 377 g/mol. The molecule has 2 aromatic rings. The summed E-state index contributed by atoms with van der Waals surface area (Å²) in [6.07, 6.45) is 1.78. The number of thiophene rings is 1. The predicted molar refractivity (Wildman–Crippen MR) is 90.7 cm³/mol. The fraction of sp³-hybridized carbons (Fsp3) is 0.500. The minimum absolute atomic E-state index is 0.0244. The van der Waals surface area contributed by atoms with Crippen LogP contribution in [0.5, 0.6) is 0 Å². The second-order valence-electron chi connectivity index (χ2n) is 5.16. The van der Waals surface area contributed by atoms with Crippen molar-refractivity contribution in [3.05, 3.63) is 29.5 Å². The van der Waals surface area contributed by atoms with E-state index < -0.39 is 11.1 Å². The highest BCUT2D eigenvalue weighted by atomic mass is 35.5. The zero-order valence-corrected chi connectivity index (χ0v) is 15.3. The highest BCUT2D eigenvalue weighted by Gasteiger charge is 2.20. The van der Waals surface area contributed by atoms with Gasteiger partial charge in [0.2, 0.25) is 9.93 Å². The highest BCUT2D eigenvalue weighted by Crippen LogP contribution is 2.38. The summed E-state index contributed by atoms with van der Waals surface area (Å²) in [5.41, 5.74) is -0.0244. The summed E-state index contributed by atoms with van der Waals surface area (Å²) in [6.45, 7) is 3.25. The van der Waals surface area contributed by atoms with Gasteiger partial charge in [-0.25, -0.2) is 9.67 Å². The van der Waals surface area contributed by atoms with Gasteiger partial charge in [-0.1, -0.05) is 11.6 Å². The molecule has 0 unspecified atom stereocenters. The van der Waals surface area contributed by atoms with E-state index in [1.54, 1.807) is 16.3 Å². The quantitative estimate of drug-likeness (QED) is 0.752. The van der Waals surface area contributed by atoms with Crippen LogP contribution >= 0.6 is 34.3 Å². The number of rotatable bonds is 4. The van der Waals surface area contributed by atoms with Gasteiger partial charge in [-0.15, -0.1) is 11.3 Å². The Bertz CT molecular complexity index is 896. The minimum atomic E-state index is -0.574. The lowest BCUT2D eigenvalue weighted by Crippen LogP contribution is -2.31. The van der Waals surface area contributed by atoms with Gasteiger partial charge >= 0.3 is 10.8 Å². The van der Waals surface area contributed by atoms with E-state index >= 15 is 0 Å². The first kappa shape index (κ1) is 17.4. The Morgan fingerprint density at radius 2 is 2.04 bits per heavy atom. The molecule has 1 aliphatic rings. The van der Waals surface area contributed by atoms with Crippen molar-refractivity contribution >= 4 is 45.9 Å². The Balaban J connectivity index is 2.01. The molecule has 0 fully saturated rings. The van der Waals surface area contributed by atoms with Crippen molar-refractivity contribution in [2.45, 2.75) is 39.3 Å². The topological polar surface area (TPSA) is 65.6 Å². The van der Waals surface area contributed by atoms with Gasteiger partial charge in [-0.2, -0.15) is 4.39 Å². The normalized spacial score (nSPS) is 14.7. The first-order chi connectivity index (χ1) is 11.5. The summed E-state index contributed by atoms with van der Waals surface area (Å²) in [4.78, 5) is 28.5. The van der Waals surface area contributed by atoms with Gasteiger partial charge in [0, 0.05) is 18.0 Å². The second kappa shape index (κ2) is 7.20. The standard InChI is InChI=1S/C14H15ClFN3O3S2/c1-2-22-9(20)7-8-10(15)11(12(16)23-8)17-13-18-5-3-4-6-19(18)14(21)24-13/h2-7H2,1H3. The summed E-state index contributed by atoms with van der Waals surface area (Å²) in [5, 5.41) is -0.475. The summed E-state index contributed by atoms with van der Waals surface area (Å²) in [7, 11) is 0. The lowest BCUT2D eigenvalue weighted by molar-refractivity contribution is -0.142. The minimum Gasteiger partial charge on any atom is -0.466 e. The van der Waals surface area contributed by atoms with E-state index in [-0.39, 0.29) is 28.6 Å². The van der Waals surface area contributed by atoms with Crippen LogP contribution in [0.1, 0.15) is 24.6 Å². The molecule has 6 nitrogen and oxygen atoms in total. The van der Waals surface area contributed by atoms with Crippen LogP contribution in [0.15, 0.2) is 9.79 Å². The van der Waals surface area contributed by atoms with Crippen LogP contribution in [-0.2, 0) is 29.0 Å². The van der Waals surface area contributed by atoms with Crippen LogP contribution in [0.4, 0.5) is 10.1 Å². The number of hydrogen-bond donors (Lipinski definition) is 0. The third-order valence-electron chi connectivity index (χ3n) is 3.56. The largest absolute Gasteiger partial charge is 0.466 e. The first-order valence-corrected chi connectivity index (χ1v) is 9.50. The predicted octanol–water partition coefficient (Wildman–Crippen LogP) is 2.70. The highest BCUT2D eigenvalue weighted by molar-refractivity contribution is 7.11. The van der Waals surface area contributed by atoms with Crippen molar-refractivity contribution in [1.82, 2.24) is 9.36 Å². The van der Waals surface area contributed by atoms with Gasteiger partial charge in [0.1, 0.15) is 5.69 Å². The molecule has 0 aliphatic carbocycles. The Morgan fingerprint density at radius 3 is 2.75 bits per heavy atom. The summed E-state index contributed by atoms with van der Waals surface area (Å²) in [5.74, 6) is -0.465. The van der Waals surface area contributed by atoms with E-state index in [0.29, 0.717) is 22.8 Å². The summed E-state index contributed by atoms with van der Waals surface area (Å²) < 4.78 is 22.5. The van der Waals surface area contributed by atoms with E-state index in [9.17, 15) is 14.0 Å². The molecule has 0 saturated heterocycles. The molecule has 2 aromatic heterocycles. The molecule has 0 radical (unpaired) electrons. The molecule has 0 atom stereocenters. The summed E-state index contributed by atoms with van der Waals surface area (Å²) >= 11 is 7.93. The van der Waals surface area contributed by atoms with Crippen molar-refractivity contribution in [3.8, 4) is 0 Å². The number of aromatic nitrogens is 2. The fourth-order valence-electron chi connectivity index (χ4n) is 2.48. The number of fused-ring (bicyclic) bond motifs is 1. The van der Waals surface area contributed by atoms with Gasteiger partial charge in [0.15, 0.2) is 0 Å². The lowest BCUT2D eigenvalue weighted by atomic mass is 10.3. The molecule has 0 N–H and O–H groups in total. The number of esters is 1. The van der Waals surface area contributed by atoms with Crippen molar-refractivity contribution in [1.29, 1.82) is 0 Å². The number of carbonyl (C=O) groups excluding carboxylic acids is 1. The zero-order valence-electron chi connectivity index (χ0n) is 12.9. The maximum atomic E-state index is 14.2. The molecule has 0 amide bonds. The molecule has 1 aliphatic heterocycles. The van der Waals surface area contributed by atoms with E-state index in [1.165, 1.54) is 0 Å². The molecule has 0 bridgehead atoms. The molecule has 24 heavy (non-hydrogen) atoms. The van der Waals surface area contributed by atoms with Crippen LogP contribution < -0.4 is 9.67 Å². The first-order valence-electron chi connectivity index (χ1n) is 7.49. The van der Waals surface area contributed by atoms with Crippen molar-refractivity contribution in [3.63, 3.8) is 0 Å². The Labute approximate surface area is 149 Å². The molecule has 3 rings (SSSR count). The number of nitrogens with zero attached hydrogens (tertiary/aromatic N) is 3. The molecule has 0 aromatic carbocycles. The van der Waals surface area contributed by atoms with Gasteiger partial charge in [0.25, 0.3) is 0 Å². The maximum Gasteiger partial charge on any atom is 0.325 e. The summed E-state index contributed by atoms with van der Waals surface area (Å²) in [6, 6.07) is 0. The third kappa shape index (κ3) is 3.33. The van der Waals surface area contributed by atoms with Crippen molar-refractivity contribution < 1.29 is 13.9 Å². The van der Waals surface area contributed by atoms with Gasteiger partial charge < -0.3 is 4.74 Å². The Hall–Kier alpha value is -1.45. The number of ether oxygens (including phenoxy) is 1.